The molecule has 2 unspecified atom stereocenters. The van der Waals surface area contributed by atoms with Gasteiger partial charge in [0.15, 0.2) is 0 Å². The van der Waals surface area contributed by atoms with Crippen molar-refractivity contribution in [3.63, 3.8) is 0 Å². The molecule has 0 aliphatic carbocycles. The quantitative estimate of drug-likeness (QED) is 0.228. The Hall–Kier alpha value is -2.30. The number of carboxylic acid groups (broad SMARTS) is 1. The fourth-order valence-corrected chi connectivity index (χ4v) is 1.98. The summed E-state index contributed by atoms with van der Waals surface area (Å²) in [6.07, 6.45) is -0.530. The minimum Gasteiger partial charge on any atom is -0.481 e. The molecule has 0 aliphatic heterocycles. The van der Waals surface area contributed by atoms with Crippen molar-refractivity contribution in [1.82, 2.24) is 16.0 Å². The number of amides is 4. The van der Waals surface area contributed by atoms with Crippen molar-refractivity contribution >= 4 is 42.2 Å². The second-order valence-corrected chi connectivity index (χ2v) is 6.25. The van der Waals surface area contributed by atoms with Gasteiger partial charge in [0.2, 0.25) is 23.6 Å². The summed E-state index contributed by atoms with van der Waals surface area (Å²) in [5.74, 6) is -3.66. The standard InChI is InChI=1S/C14H24N4O6S/c1-7(2)12(13(15)23)18-9(19)3-4-16-10(20)6-17-14(24)8(25)5-11(21)22/h7-8,12,25H,3-6H2,1-2H3,(H2,15,23)(H,16,20)(H,17,24)(H,18,19)(H,21,22). The molecule has 0 aliphatic rings. The maximum atomic E-state index is 11.7. The third kappa shape index (κ3) is 10.2. The molecule has 2 atom stereocenters. The van der Waals surface area contributed by atoms with Crippen LogP contribution >= 0.6 is 12.6 Å². The first-order valence-electron chi connectivity index (χ1n) is 7.57. The number of hydrogen-bond donors (Lipinski definition) is 6. The molecule has 6 N–H and O–H groups in total. The fraction of sp³-hybridized carbons (Fsp3) is 0.643. The number of nitrogens with two attached hydrogens (primary N) is 1. The van der Waals surface area contributed by atoms with Crippen molar-refractivity contribution in [2.45, 2.75) is 38.0 Å². The van der Waals surface area contributed by atoms with E-state index < -0.39 is 47.3 Å². The SMILES string of the molecule is CC(C)C(NC(=O)CCNC(=O)CNC(=O)C(S)CC(=O)O)C(N)=O. The molecular formula is C14H24N4O6S. The van der Waals surface area contributed by atoms with E-state index in [1.54, 1.807) is 13.8 Å². The molecule has 0 bridgehead atoms. The lowest BCUT2D eigenvalue weighted by molar-refractivity contribution is -0.138. The second kappa shape index (κ2) is 11.3. The fourth-order valence-electron chi connectivity index (χ4n) is 1.73. The van der Waals surface area contributed by atoms with Crippen LogP contribution in [0.3, 0.4) is 0 Å². The number of rotatable bonds is 11. The smallest absolute Gasteiger partial charge is 0.304 e. The molecule has 0 aromatic rings. The molecule has 10 nitrogen and oxygen atoms in total. The lowest BCUT2D eigenvalue weighted by Gasteiger charge is -2.18. The molecule has 0 spiro atoms. The van der Waals surface area contributed by atoms with E-state index in [-0.39, 0.29) is 25.4 Å². The number of nitrogens with one attached hydrogen (secondary N) is 3. The van der Waals surface area contributed by atoms with Gasteiger partial charge in [-0.3, -0.25) is 24.0 Å². The first-order valence-corrected chi connectivity index (χ1v) is 8.09. The molecular weight excluding hydrogens is 352 g/mol. The number of carbonyl (C=O) groups is 5. The van der Waals surface area contributed by atoms with Crippen molar-refractivity contribution in [1.29, 1.82) is 0 Å². The Morgan fingerprint density at radius 2 is 1.68 bits per heavy atom. The highest BCUT2D eigenvalue weighted by atomic mass is 32.1. The van der Waals surface area contributed by atoms with Gasteiger partial charge in [-0.25, -0.2) is 0 Å². The zero-order valence-electron chi connectivity index (χ0n) is 14.1. The second-order valence-electron chi connectivity index (χ2n) is 5.62. The number of carboxylic acids is 1. The van der Waals surface area contributed by atoms with Crippen LogP contribution in [0.4, 0.5) is 0 Å². The molecule has 0 heterocycles. The maximum Gasteiger partial charge on any atom is 0.304 e. The largest absolute Gasteiger partial charge is 0.481 e. The van der Waals surface area contributed by atoms with E-state index in [1.807, 2.05) is 0 Å². The third-order valence-electron chi connectivity index (χ3n) is 3.06. The van der Waals surface area contributed by atoms with Gasteiger partial charge in [0.05, 0.1) is 18.2 Å². The van der Waals surface area contributed by atoms with E-state index in [2.05, 4.69) is 28.6 Å². The number of aliphatic carboxylic acids is 1. The van der Waals surface area contributed by atoms with Crippen LogP contribution in [0.2, 0.25) is 0 Å². The van der Waals surface area contributed by atoms with Crippen molar-refractivity contribution < 1.29 is 29.1 Å². The van der Waals surface area contributed by atoms with Gasteiger partial charge in [0.25, 0.3) is 0 Å². The number of primary amides is 1. The highest BCUT2D eigenvalue weighted by molar-refractivity contribution is 7.81. The molecule has 0 saturated heterocycles. The van der Waals surface area contributed by atoms with Crippen LogP contribution in [-0.2, 0) is 24.0 Å². The Bertz CT molecular complexity index is 525. The summed E-state index contributed by atoms with van der Waals surface area (Å²) in [7, 11) is 0. The van der Waals surface area contributed by atoms with Crippen molar-refractivity contribution in [2.75, 3.05) is 13.1 Å². The molecule has 0 aromatic carbocycles. The van der Waals surface area contributed by atoms with Crippen LogP contribution in [0, 0.1) is 5.92 Å². The van der Waals surface area contributed by atoms with Gasteiger partial charge in [0, 0.05) is 13.0 Å². The molecule has 0 fully saturated rings. The Labute approximate surface area is 150 Å². The first kappa shape index (κ1) is 22.7. The molecule has 0 aromatic heterocycles. The Balaban J connectivity index is 4.07. The minimum atomic E-state index is -1.18. The summed E-state index contributed by atoms with van der Waals surface area (Å²) < 4.78 is 0. The summed E-state index contributed by atoms with van der Waals surface area (Å²) >= 11 is 3.81. The highest BCUT2D eigenvalue weighted by Gasteiger charge is 2.21. The Morgan fingerprint density at radius 3 is 2.16 bits per heavy atom. The summed E-state index contributed by atoms with van der Waals surface area (Å²) in [4.78, 5) is 56.3. The molecule has 0 saturated carbocycles. The topological polar surface area (TPSA) is 168 Å². The van der Waals surface area contributed by atoms with Crippen LogP contribution in [-0.4, -0.2) is 59.1 Å². The first-order chi connectivity index (χ1) is 11.5. The van der Waals surface area contributed by atoms with Gasteiger partial charge in [0.1, 0.15) is 6.04 Å². The van der Waals surface area contributed by atoms with E-state index >= 15 is 0 Å². The van der Waals surface area contributed by atoms with E-state index in [1.165, 1.54) is 0 Å². The van der Waals surface area contributed by atoms with Crippen LogP contribution in [0.1, 0.15) is 26.7 Å². The summed E-state index contributed by atoms with van der Waals surface area (Å²) in [6.45, 7) is 3.11. The van der Waals surface area contributed by atoms with Gasteiger partial charge in [-0.05, 0) is 5.92 Å². The minimum absolute atomic E-state index is 0.00352. The molecule has 25 heavy (non-hydrogen) atoms. The lowest BCUT2D eigenvalue weighted by Crippen LogP contribution is -2.48. The van der Waals surface area contributed by atoms with Crippen LogP contribution < -0.4 is 21.7 Å². The van der Waals surface area contributed by atoms with Crippen molar-refractivity contribution in [3.8, 4) is 0 Å². The Morgan fingerprint density at radius 1 is 1.08 bits per heavy atom. The van der Waals surface area contributed by atoms with Crippen LogP contribution in [0.5, 0.6) is 0 Å². The number of hydrogen-bond acceptors (Lipinski definition) is 6. The van der Waals surface area contributed by atoms with Gasteiger partial charge in [-0.15, -0.1) is 0 Å². The average molecular weight is 376 g/mol. The summed E-state index contributed by atoms with van der Waals surface area (Å²) in [5.41, 5.74) is 5.18. The zero-order valence-corrected chi connectivity index (χ0v) is 15.0. The molecule has 142 valence electrons. The van der Waals surface area contributed by atoms with Gasteiger partial charge >= 0.3 is 5.97 Å². The van der Waals surface area contributed by atoms with Gasteiger partial charge in [-0.2, -0.15) is 12.6 Å². The van der Waals surface area contributed by atoms with Crippen molar-refractivity contribution in [3.05, 3.63) is 0 Å². The Kier molecular flexibility index (Phi) is 10.2. The molecule has 0 radical (unpaired) electrons. The van der Waals surface area contributed by atoms with Gasteiger partial charge < -0.3 is 26.8 Å². The zero-order chi connectivity index (χ0) is 19.6. The lowest BCUT2D eigenvalue weighted by atomic mass is 10.0. The van der Waals surface area contributed by atoms with Crippen LogP contribution in [0.25, 0.3) is 0 Å². The predicted octanol–water partition coefficient (Wildman–Crippen LogP) is -1.99. The number of thiol groups is 1. The average Bonchev–Trinajstić information content (AvgIpc) is 2.48. The molecule has 11 heteroatoms. The maximum absolute atomic E-state index is 11.7. The highest BCUT2D eigenvalue weighted by Crippen LogP contribution is 2.01. The van der Waals surface area contributed by atoms with E-state index in [4.69, 9.17) is 10.8 Å². The predicted molar refractivity (Wildman–Crippen MR) is 91.6 cm³/mol. The van der Waals surface area contributed by atoms with Crippen LogP contribution in [0.15, 0.2) is 0 Å². The monoisotopic (exact) mass is 376 g/mol. The normalized spacial score (nSPS) is 12.8. The summed E-state index contributed by atoms with van der Waals surface area (Å²) in [5, 5.41) is 14.6. The third-order valence-corrected chi connectivity index (χ3v) is 3.47. The molecule has 0 rings (SSSR count). The van der Waals surface area contributed by atoms with E-state index in [9.17, 15) is 24.0 Å². The summed E-state index contributed by atoms with van der Waals surface area (Å²) in [6, 6.07) is -0.788. The molecule has 4 amide bonds. The number of carbonyl (C=O) groups excluding carboxylic acids is 4. The van der Waals surface area contributed by atoms with E-state index in [0.717, 1.165) is 0 Å². The van der Waals surface area contributed by atoms with E-state index in [0.29, 0.717) is 0 Å². The van der Waals surface area contributed by atoms with Gasteiger partial charge in [-0.1, -0.05) is 13.8 Å². The van der Waals surface area contributed by atoms with Crippen molar-refractivity contribution in [2.24, 2.45) is 11.7 Å².